The second kappa shape index (κ2) is 9.12. The number of hydrogen-bond acceptors (Lipinski definition) is 4. The number of rotatable bonds is 7. The summed E-state index contributed by atoms with van der Waals surface area (Å²) < 4.78 is 0. The summed E-state index contributed by atoms with van der Waals surface area (Å²) in [5.41, 5.74) is 4.33. The third kappa shape index (κ3) is 5.27. The lowest BCUT2D eigenvalue weighted by atomic mass is 10.0. The molecule has 0 aromatic heterocycles. The molecule has 6 nitrogen and oxygen atoms in total. The van der Waals surface area contributed by atoms with E-state index >= 15 is 0 Å². The molecule has 0 aliphatic heterocycles. The first-order valence-electron chi connectivity index (χ1n) is 9.27. The van der Waals surface area contributed by atoms with Crippen LogP contribution in [-0.4, -0.2) is 23.7 Å². The van der Waals surface area contributed by atoms with E-state index in [1.807, 2.05) is 42.5 Å². The van der Waals surface area contributed by atoms with Crippen molar-refractivity contribution in [3.63, 3.8) is 0 Å². The molecule has 0 saturated carbocycles. The fourth-order valence-corrected chi connectivity index (χ4v) is 2.90. The van der Waals surface area contributed by atoms with E-state index in [-0.39, 0.29) is 18.1 Å². The largest absolute Gasteiger partial charge is 0.324 e. The monoisotopic (exact) mass is 390 g/mol. The lowest BCUT2D eigenvalue weighted by molar-refractivity contribution is -0.143. The van der Waals surface area contributed by atoms with Crippen LogP contribution in [0.1, 0.15) is 29.8 Å². The van der Waals surface area contributed by atoms with E-state index in [0.29, 0.717) is 11.3 Å². The van der Waals surface area contributed by atoms with Crippen LogP contribution in [0.5, 0.6) is 0 Å². The third-order valence-corrected chi connectivity index (χ3v) is 4.51. The zero-order valence-electron chi connectivity index (χ0n) is 16.3. The first kappa shape index (κ1) is 20.2. The zero-order valence-corrected chi connectivity index (χ0v) is 16.3. The molecule has 0 bridgehead atoms. The summed E-state index contributed by atoms with van der Waals surface area (Å²) >= 11 is 0. The van der Waals surface area contributed by atoms with Crippen molar-refractivity contribution in [2.24, 2.45) is 0 Å². The van der Waals surface area contributed by atoms with Crippen molar-refractivity contribution in [1.82, 2.24) is 5.48 Å². The maximum Gasteiger partial charge on any atom is 0.255 e. The van der Waals surface area contributed by atoms with Crippen molar-refractivity contribution in [2.45, 2.75) is 26.4 Å². The summed E-state index contributed by atoms with van der Waals surface area (Å²) in [6.45, 7) is 3.02. The Morgan fingerprint density at radius 2 is 1.62 bits per heavy atom. The Balaban J connectivity index is 1.52. The maximum atomic E-state index is 12.2. The van der Waals surface area contributed by atoms with Crippen LogP contribution in [0, 0.1) is 0 Å². The van der Waals surface area contributed by atoms with Crippen molar-refractivity contribution >= 4 is 34.1 Å². The lowest BCUT2D eigenvalue weighted by Gasteiger charge is -2.14. The van der Waals surface area contributed by atoms with Crippen molar-refractivity contribution in [3.8, 4) is 0 Å². The number of hydrogen-bond donors (Lipinski definition) is 2. The van der Waals surface area contributed by atoms with Crippen molar-refractivity contribution in [3.05, 3.63) is 77.9 Å². The van der Waals surface area contributed by atoms with Gasteiger partial charge in [0, 0.05) is 11.3 Å². The topological polar surface area (TPSA) is 84.5 Å². The fraction of sp³-hybridized carbons (Fsp3) is 0.174. The van der Waals surface area contributed by atoms with Crippen LogP contribution in [0.3, 0.4) is 0 Å². The van der Waals surface area contributed by atoms with Gasteiger partial charge in [-0.1, -0.05) is 42.5 Å². The van der Waals surface area contributed by atoms with Crippen molar-refractivity contribution < 1.29 is 19.2 Å². The van der Waals surface area contributed by atoms with Crippen LogP contribution < -0.4 is 10.8 Å². The first-order chi connectivity index (χ1) is 13.9. The number of amides is 2. The second-order valence-corrected chi connectivity index (χ2v) is 6.72. The molecule has 1 atom stereocenters. The number of hydroxylamine groups is 1. The number of benzene rings is 3. The van der Waals surface area contributed by atoms with Gasteiger partial charge in [0.2, 0.25) is 5.91 Å². The lowest BCUT2D eigenvalue weighted by Crippen LogP contribution is -2.36. The van der Waals surface area contributed by atoms with Gasteiger partial charge >= 0.3 is 0 Å². The first-order valence-corrected chi connectivity index (χ1v) is 9.27. The van der Waals surface area contributed by atoms with Crippen LogP contribution in [0.25, 0.3) is 10.8 Å². The third-order valence-electron chi connectivity index (χ3n) is 4.51. The molecule has 1 unspecified atom stereocenters. The number of Topliss-reactive ketones (excluding diaryl/α,β-unsaturated/α-hetero) is 1. The van der Waals surface area contributed by atoms with Gasteiger partial charge in [0.1, 0.15) is 0 Å². The highest BCUT2D eigenvalue weighted by Crippen LogP contribution is 2.19. The molecule has 0 aliphatic rings. The number of nitrogens with one attached hydrogen (secondary N) is 2. The quantitative estimate of drug-likeness (QED) is 0.476. The minimum absolute atomic E-state index is 0.0477. The molecular formula is C23H22N2O4. The number of carbonyl (C=O) groups excluding carboxylic acids is 3. The highest BCUT2D eigenvalue weighted by atomic mass is 16.7. The number of fused-ring (bicyclic) bond motifs is 1. The molecule has 0 fully saturated rings. The zero-order chi connectivity index (χ0) is 20.8. The van der Waals surface area contributed by atoms with Crippen molar-refractivity contribution in [1.29, 1.82) is 0 Å². The van der Waals surface area contributed by atoms with E-state index < -0.39 is 12.0 Å². The Morgan fingerprint density at radius 1 is 0.931 bits per heavy atom. The molecule has 0 heterocycles. The summed E-state index contributed by atoms with van der Waals surface area (Å²) in [6.07, 6.45) is -0.749. The summed E-state index contributed by atoms with van der Waals surface area (Å²) in [7, 11) is 0. The molecule has 6 heteroatoms. The predicted octanol–water partition coefficient (Wildman–Crippen LogP) is 3.66. The van der Waals surface area contributed by atoms with Crippen LogP contribution in [0.2, 0.25) is 0 Å². The predicted molar refractivity (Wildman–Crippen MR) is 111 cm³/mol. The molecular weight excluding hydrogens is 368 g/mol. The molecule has 3 aromatic carbocycles. The maximum absolute atomic E-state index is 12.2. The van der Waals surface area contributed by atoms with Gasteiger partial charge in [-0.3, -0.25) is 19.2 Å². The SMILES string of the molecule is CC(=O)c1ccc(NC(=O)C(C)ONC(=O)Cc2cccc3ccccc23)cc1. The van der Waals surface area contributed by atoms with Crippen LogP contribution in [-0.2, 0) is 20.8 Å². The van der Waals surface area contributed by atoms with E-state index in [0.717, 1.165) is 16.3 Å². The Labute approximate surface area is 168 Å². The Morgan fingerprint density at radius 3 is 2.34 bits per heavy atom. The van der Waals surface area contributed by atoms with Crippen molar-refractivity contribution in [2.75, 3.05) is 5.32 Å². The summed E-state index contributed by atoms with van der Waals surface area (Å²) in [6, 6.07) is 20.2. The van der Waals surface area contributed by atoms with E-state index in [2.05, 4.69) is 10.8 Å². The summed E-state index contributed by atoms with van der Waals surface area (Å²) in [5.74, 6) is -0.800. The fourth-order valence-electron chi connectivity index (χ4n) is 2.90. The number of ketones is 1. The Hall–Kier alpha value is -3.51. The second-order valence-electron chi connectivity index (χ2n) is 6.72. The normalized spacial score (nSPS) is 11.7. The average molecular weight is 390 g/mol. The number of anilines is 1. The van der Waals surface area contributed by atoms with Gasteiger partial charge in [-0.2, -0.15) is 0 Å². The smallest absolute Gasteiger partial charge is 0.255 e. The van der Waals surface area contributed by atoms with E-state index in [1.165, 1.54) is 13.8 Å². The molecule has 0 radical (unpaired) electrons. The molecule has 29 heavy (non-hydrogen) atoms. The van der Waals surface area contributed by atoms with Gasteiger partial charge in [-0.05, 0) is 54.4 Å². The highest BCUT2D eigenvalue weighted by Gasteiger charge is 2.16. The molecule has 0 spiro atoms. The Kier molecular flexibility index (Phi) is 6.36. The van der Waals surface area contributed by atoms with Gasteiger partial charge in [0.15, 0.2) is 11.9 Å². The molecule has 3 aromatic rings. The number of carbonyl (C=O) groups is 3. The molecule has 0 aliphatic carbocycles. The molecule has 148 valence electrons. The standard InChI is InChI=1S/C23H22N2O4/c1-15(26)17-10-12-20(13-11-17)24-23(28)16(2)29-25-22(27)14-19-8-5-7-18-6-3-4-9-21(18)19/h3-13,16H,14H2,1-2H3,(H,24,28)(H,25,27). The molecule has 3 rings (SSSR count). The molecule has 0 saturated heterocycles. The molecule has 2 N–H and O–H groups in total. The summed E-state index contributed by atoms with van der Waals surface area (Å²) in [5, 5.41) is 4.74. The molecule has 2 amide bonds. The van der Waals surface area contributed by atoms with Crippen LogP contribution in [0.4, 0.5) is 5.69 Å². The highest BCUT2D eigenvalue weighted by molar-refractivity contribution is 5.96. The van der Waals surface area contributed by atoms with E-state index in [4.69, 9.17) is 4.84 Å². The summed E-state index contributed by atoms with van der Waals surface area (Å²) in [4.78, 5) is 41.0. The van der Waals surface area contributed by atoms with Crippen LogP contribution in [0.15, 0.2) is 66.7 Å². The van der Waals surface area contributed by atoms with Gasteiger partial charge in [-0.15, -0.1) is 0 Å². The average Bonchev–Trinajstić information content (AvgIpc) is 2.72. The van der Waals surface area contributed by atoms with E-state index in [1.54, 1.807) is 24.3 Å². The van der Waals surface area contributed by atoms with Crippen LogP contribution >= 0.6 is 0 Å². The van der Waals surface area contributed by atoms with E-state index in [9.17, 15) is 14.4 Å². The van der Waals surface area contributed by atoms with Gasteiger partial charge < -0.3 is 5.32 Å². The minimum Gasteiger partial charge on any atom is -0.324 e. The van der Waals surface area contributed by atoms with Gasteiger partial charge in [0.05, 0.1) is 6.42 Å². The Bertz CT molecular complexity index is 1040. The minimum atomic E-state index is -0.890. The van der Waals surface area contributed by atoms with Gasteiger partial charge in [0.25, 0.3) is 5.91 Å². The van der Waals surface area contributed by atoms with Gasteiger partial charge in [-0.25, -0.2) is 5.48 Å².